The summed E-state index contributed by atoms with van der Waals surface area (Å²) in [4.78, 5) is 2.55. The first-order chi connectivity index (χ1) is 9.10. The van der Waals surface area contributed by atoms with Gasteiger partial charge in [0.05, 0.1) is 0 Å². The fourth-order valence-corrected chi connectivity index (χ4v) is 3.22. The molecule has 1 atom stereocenters. The van der Waals surface area contributed by atoms with E-state index in [1.807, 2.05) is 0 Å². The Kier molecular flexibility index (Phi) is 4.87. The molecule has 0 amide bonds. The number of rotatable bonds is 5. The van der Waals surface area contributed by atoms with E-state index >= 15 is 0 Å². The van der Waals surface area contributed by atoms with Gasteiger partial charge in [-0.3, -0.25) is 0 Å². The van der Waals surface area contributed by atoms with E-state index < -0.39 is 0 Å². The minimum atomic E-state index is 0.618. The van der Waals surface area contributed by atoms with Crippen LogP contribution in [0.5, 0.6) is 0 Å². The van der Waals surface area contributed by atoms with Gasteiger partial charge in [0.15, 0.2) is 0 Å². The summed E-state index contributed by atoms with van der Waals surface area (Å²) in [5.74, 6) is 1.35. The van der Waals surface area contributed by atoms with Crippen LogP contribution in [-0.4, -0.2) is 19.6 Å². The molecular formula is C17H28N2. The van der Waals surface area contributed by atoms with E-state index in [1.54, 1.807) is 0 Å². The van der Waals surface area contributed by atoms with Gasteiger partial charge < -0.3 is 10.6 Å². The summed E-state index contributed by atoms with van der Waals surface area (Å²) in [5, 5.41) is 0. The molecule has 106 valence electrons. The maximum Gasteiger partial charge on any atom is 0.0399 e. The van der Waals surface area contributed by atoms with Crippen LogP contribution in [0, 0.1) is 18.8 Å². The molecule has 1 aliphatic rings. The molecule has 1 aromatic carbocycles. The summed E-state index contributed by atoms with van der Waals surface area (Å²) in [6, 6.07) is 6.88. The molecule has 0 fully saturated rings. The average Bonchev–Trinajstić information content (AvgIpc) is 2.37. The molecule has 0 aliphatic carbocycles. The lowest BCUT2D eigenvalue weighted by Gasteiger charge is -2.34. The van der Waals surface area contributed by atoms with E-state index in [-0.39, 0.29) is 0 Å². The molecule has 0 spiro atoms. The average molecular weight is 260 g/mol. The number of anilines is 1. The van der Waals surface area contributed by atoms with Crippen molar-refractivity contribution >= 4 is 5.69 Å². The van der Waals surface area contributed by atoms with Crippen molar-refractivity contribution in [3.05, 3.63) is 29.3 Å². The Morgan fingerprint density at radius 2 is 2.11 bits per heavy atom. The van der Waals surface area contributed by atoms with Crippen LogP contribution in [0.3, 0.4) is 0 Å². The maximum atomic E-state index is 5.96. The number of hydrogen-bond acceptors (Lipinski definition) is 2. The van der Waals surface area contributed by atoms with Gasteiger partial charge in [-0.15, -0.1) is 0 Å². The van der Waals surface area contributed by atoms with Gasteiger partial charge in [0.1, 0.15) is 0 Å². The Balaban J connectivity index is 2.10. The molecular weight excluding hydrogens is 232 g/mol. The Bertz CT molecular complexity index is 412. The minimum absolute atomic E-state index is 0.618. The molecule has 2 heteroatoms. The van der Waals surface area contributed by atoms with E-state index in [4.69, 9.17) is 5.73 Å². The Morgan fingerprint density at radius 3 is 2.79 bits per heavy atom. The van der Waals surface area contributed by atoms with Crippen LogP contribution in [0.1, 0.15) is 37.8 Å². The van der Waals surface area contributed by atoms with E-state index in [1.165, 1.54) is 42.6 Å². The lowest BCUT2D eigenvalue weighted by atomic mass is 9.94. The summed E-state index contributed by atoms with van der Waals surface area (Å²) in [6.45, 7) is 9.86. The molecule has 1 heterocycles. The molecule has 0 aromatic heterocycles. The summed E-state index contributed by atoms with van der Waals surface area (Å²) >= 11 is 0. The van der Waals surface area contributed by atoms with Crippen LogP contribution in [-0.2, 0) is 6.42 Å². The third kappa shape index (κ3) is 3.73. The minimum Gasteiger partial charge on any atom is -0.371 e. The molecule has 1 aromatic rings. The van der Waals surface area contributed by atoms with Crippen molar-refractivity contribution in [2.45, 2.75) is 40.0 Å². The summed E-state index contributed by atoms with van der Waals surface area (Å²) in [6.07, 6.45) is 3.73. The van der Waals surface area contributed by atoms with Gasteiger partial charge in [0, 0.05) is 18.8 Å². The molecule has 2 rings (SSSR count). The van der Waals surface area contributed by atoms with Crippen molar-refractivity contribution in [1.82, 2.24) is 0 Å². The first-order valence-electron chi connectivity index (χ1n) is 7.64. The van der Waals surface area contributed by atoms with Crippen molar-refractivity contribution in [3.8, 4) is 0 Å². The fourth-order valence-electron chi connectivity index (χ4n) is 3.22. The number of nitrogens with two attached hydrogens (primary N) is 1. The summed E-state index contributed by atoms with van der Waals surface area (Å²) < 4.78 is 0. The summed E-state index contributed by atoms with van der Waals surface area (Å²) in [7, 11) is 0. The first kappa shape index (κ1) is 14.4. The van der Waals surface area contributed by atoms with Gasteiger partial charge in [-0.2, -0.15) is 0 Å². The SMILES string of the molecule is Cc1ccc2c(c1)CCCN2CC(CN)CC(C)C. The number of aryl methyl sites for hydroxylation is 2. The normalized spacial score (nSPS) is 16.6. The lowest BCUT2D eigenvalue weighted by Crippen LogP contribution is -2.37. The van der Waals surface area contributed by atoms with Gasteiger partial charge in [-0.25, -0.2) is 0 Å². The second-order valence-corrected chi connectivity index (χ2v) is 6.41. The zero-order chi connectivity index (χ0) is 13.8. The monoisotopic (exact) mass is 260 g/mol. The third-order valence-corrected chi connectivity index (χ3v) is 4.07. The second-order valence-electron chi connectivity index (χ2n) is 6.41. The van der Waals surface area contributed by atoms with E-state index in [0.717, 1.165) is 19.0 Å². The Hall–Kier alpha value is -1.02. The molecule has 0 bridgehead atoms. The van der Waals surface area contributed by atoms with Gasteiger partial charge in [-0.1, -0.05) is 31.5 Å². The van der Waals surface area contributed by atoms with Crippen molar-refractivity contribution < 1.29 is 0 Å². The largest absolute Gasteiger partial charge is 0.371 e. The van der Waals surface area contributed by atoms with Crippen molar-refractivity contribution in [2.75, 3.05) is 24.5 Å². The Morgan fingerprint density at radius 1 is 1.32 bits per heavy atom. The van der Waals surface area contributed by atoms with Crippen LogP contribution in [0.25, 0.3) is 0 Å². The maximum absolute atomic E-state index is 5.96. The second kappa shape index (κ2) is 6.42. The van der Waals surface area contributed by atoms with Crippen molar-refractivity contribution in [1.29, 1.82) is 0 Å². The Labute approximate surface area is 118 Å². The number of benzene rings is 1. The molecule has 2 nitrogen and oxygen atoms in total. The first-order valence-corrected chi connectivity index (χ1v) is 7.64. The van der Waals surface area contributed by atoms with Crippen LogP contribution in [0.2, 0.25) is 0 Å². The topological polar surface area (TPSA) is 29.3 Å². The number of hydrogen-bond donors (Lipinski definition) is 1. The molecule has 1 unspecified atom stereocenters. The molecule has 0 radical (unpaired) electrons. The molecule has 0 saturated carbocycles. The quantitative estimate of drug-likeness (QED) is 0.879. The summed E-state index contributed by atoms with van der Waals surface area (Å²) in [5.41, 5.74) is 10.3. The highest BCUT2D eigenvalue weighted by Gasteiger charge is 2.20. The molecule has 19 heavy (non-hydrogen) atoms. The molecule has 1 aliphatic heterocycles. The fraction of sp³-hybridized carbons (Fsp3) is 0.647. The van der Waals surface area contributed by atoms with Crippen LogP contribution >= 0.6 is 0 Å². The predicted molar refractivity (Wildman–Crippen MR) is 83.7 cm³/mol. The smallest absolute Gasteiger partial charge is 0.0399 e. The van der Waals surface area contributed by atoms with Crippen LogP contribution in [0.4, 0.5) is 5.69 Å². The van der Waals surface area contributed by atoms with Crippen molar-refractivity contribution in [3.63, 3.8) is 0 Å². The van der Waals surface area contributed by atoms with E-state index in [9.17, 15) is 0 Å². The molecule has 2 N–H and O–H groups in total. The number of nitrogens with zero attached hydrogens (tertiary/aromatic N) is 1. The highest BCUT2D eigenvalue weighted by Crippen LogP contribution is 2.29. The van der Waals surface area contributed by atoms with Gasteiger partial charge in [0.2, 0.25) is 0 Å². The van der Waals surface area contributed by atoms with Gasteiger partial charge in [-0.05, 0) is 56.2 Å². The zero-order valence-electron chi connectivity index (χ0n) is 12.7. The zero-order valence-corrected chi connectivity index (χ0v) is 12.7. The van der Waals surface area contributed by atoms with Gasteiger partial charge in [0.25, 0.3) is 0 Å². The molecule has 0 saturated heterocycles. The third-order valence-electron chi connectivity index (χ3n) is 4.07. The standard InChI is InChI=1S/C17H28N2/c1-13(2)9-15(11-18)12-19-8-4-5-16-10-14(3)6-7-17(16)19/h6-7,10,13,15H,4-5,8-9,11-12,18H2,1-3H3. The van der Waals surface area contributed by atoms with Crippen LogP contribution < -0.4 is 10.6 Å². The van der Waals surface area contributed by atoms with Gasteiger partial charge >= 0.3 is 0 Å². The van der Waals surface area contributed by atoms with Crippen LogP contribution in [0.15, 0.2) is 18.2 Å². The number of fused-ring (bicyclic) bond motifs is 1. The van der Waals surface area contributed by atoms with E-state index in [0.29, 0.717) is 5.92 Å². The predicted octanol–water partition coefficient (Wildman–Crippen LogP) is 3.37. The highest BCUT2D eigenvalue weighted by molar-refractivity contribution is 5.56. The lowest BCUT2D eigenvalue weighted by molar-refractivity contribution is 0.411. The van der Waals surface area contributed by atoms with Crippen molar-refractivity contribution in [2.24, 2.45) is 17.6 Å². The highest BCUT2D eigenvalue weighted by atomic mass is 15.1. The van der Waals surface area contributed by atoms with E-state index in [2.05, 4.69) is 43.9 Å².